The largest absolute Gasteiger partial charge is 0.481 e. The van der Waals surface area contributed by atoms with Gasteiger partial charge >= 0.3 is 5.97 Å². The fourth-order valence-electron chi connectivity index (χ4n) is 3.05. The summed E-state index contributed by atoms with van der Waals surface area (Å²) in [5.74, 6) is -0.717. The van der Waals surface area contributed by atoms with Gasteiger partial charge in [0.2, 0.25) is 0 Å². The van der Waals surface area contributed by atoms with Crippen molar-refractivity contribution < 1.29 is 24.1 Å². The molecule has 5 nitrogen and oxygen atoms in total. The fraction of sp³-hybridized carbons (Fsp3) is 0.857. The van der Waals surface area contributed by atoms with Gasteiger partial charge in [0.05, 0.1) is 12.2 Å². The zero-order valence-corrected chi connectivity index (χ0v) is 17.2. The molecule has 5 heteroatoms. The Hall–Kier alpha value is -0.910. The standard InChI is InChI=1S/C21H40O5/c1-5-6-7-11-14-18(24-2)17-20(26-4)19(25-3)15-12-9-8-10-13-16-21(22)23/h12,15,18-20H,5-11,13-14,16-17H2,1-4H3,(H,22,23). The number of ether oxygens (including phenoxy) is 3. The number of carboxylic acid groups (broad SMARTS) is 1. The fourth-order valence-corrected chi connectivity index (χ4v) is 3.05. The maximum atomic E-state index is 10.5. The number of methoxy groups -OCH3 is 3. The predicted molar refractivity (Wildman–Crippen MR) is 106 cm³/mol. The highest BCUT2D eigenvalue weighted by Crippen LogP contribution is 2.18. The third-order valence-corrected chi connectivity index (χ3v) is 4.74. The van der Waals surface area contributed by atoms with Crippen molar-refractivity contribution in [2.45, 2.75) is 95.9 Å². The zero-order valence-electron chi connectivity index (χ0n) is 17.2. The highest BCUT2D eigenvalue weighted by atomic mass is 16.5. The van der Waals surface area contributed by atoms with Crippen molar-refractivity contribution >= 4 is 5.97 Å². The summed E-state index contributed by atoms with van der Waals surface area (Å²) in [7, 11) is 5.20. The lowest BCUT2D eigenvalue weighted by Gasteiger charge is -2.26. The summed E-state index contributed by atoms with van der Waals surface area (Å²) in [5, 5.41) is 8.63. The number of rotatable bonds is 18. The smallest absolute Gasteiger partial charge is 0.303 e. The molecule has 3 atom stereocenters. The van der Waals surface area contributed by atoms with Crippen LogP contribution in [0.2, 0.25) is 0 Å². The summed E-state index contributed by atoms with van der Waals surface area (Å²) in [6, 6.07) is 0. The second-order valence-corrected chi connectivity index (χ2v) is 6.84. The number of carbonyl (C=O) groups is 1. The minimum atomic E-state index is -0.717. The van der Waals surface area contributed by atoms with E-state index in [1.54, 1.807) is 21.3 Å². The minimum Gasteiger partial charge on any atom is -0.481 e. The molecule has 0 saturated carbocycles. The molecule has 0 aliphatic carbocycles. The molecule has 3 unspecified atom stereocenters. The number of hydrogen-bond donors (Lipinski definition) is 1. The van der Waals surface area contributed by atoms with Crippen molar-refractivity contribution in [2.24, 2.45) is 0 Å². The molecule has 154 valence electrons. The molecule has 0 rings (SSSR count). The average Bonchev–Trinajstić information content (AvgIpc) is 2.64. The van der Waals surface area contributed by atoms with E-state index in [-0.39, 0.29) is 24.7 Å². The Bertz CT molecular complexity index is 356. The molecule has 0 radical (unpaired) electrons. The Morgan fingerprint density at radius 2 is 1.69 bits per heavy atom. The molecule has 0 aromatic carbocycles. The molecule has 0 aliphatic heterocycles. The van der Waals surface area contributed by atoms with Gasteiger partial charge in [-0.1, -0.05) is 51.2 Å². The van der Waals surface area contributed by atoms with Crippen LogP contribution in [0.15, 0.2) is 12.2 Å². The van der Waals surface area contributed by atoms with E-state index in [9.17, 15) is 4.79 Å². The van der Waals surface area contributed by atoms with E-state index in [0.717, 1.165) is 38.5 Å². The van der Waals surface area contributed by atoms with Crippen molar-refractivity contribution in [3.63, 3.8) is 0 Å². The summed E-state index contributed by atoms with van der Waals surface area (Å²) in [6.07, 6.45) is 15.0. The number of allylic oxidation sites excluding steroid dienone is 1. The molecule has 26 heavy (non-hydrogen) atoms. The van der Waals surface area contributed by atoms with Crippen LogP contribution < -0.4 is 0 Å². The predicted octanol–water partition coefficient (Wildman–Crippen LogP) is 4.98. The van der Waals surface area contributed by atoms with E-state index in [1.807, 2.05) is 0 Å². The Morgan fingerprint density at radius 1 is 0.962 bits per heavy atom. The Balaban J connectivity index is 4.25. The van der Waals surface area contributed by atoms with E-state index in [0.29, 0.717) is 0 Å². The highest BCUT2D eigenvalue weighted by Gasteiger charge is 2.22. The first-order valence-electron chi connectivity index (χ1n) is 10.1. The van der Waals surface area contributed by atoms with Gasteiger partial charge in [0.25, 0.3) is 0 Å². The molecule has 0 fully saturated rings. The minimum absolute atomic E-state index is 0.0283. The van der Waals surface area contributed by atoms with Gasteiger partial charge in [0, 0.05) is 34.2 Å². The van der Waals surface area contributed by atoms with E-state index in [2.05, 4.69) is 19.1 Å². The van der Waals surface area contributed by atoms with Crippen LogP contribution >= 0.6 is 0 Å². The monoisotopic (exact) mass is 372 g/mol. The quantitative estimate of drug-likeness (QED) is 0.271. The van der Waals surface area contributed by atoms with Crippen LogP contribution in [0.1, 0.15) is 77.6 Å². The van der Waals surface area contributed by atoms with Crippen LogP contribution in [0.4, 0.5) is 0 Å². The summed E-state index contributed by atoms with van der Waals surface area (Å²) >= 11 is 0. The van der Waals surface area contributed by atoms with Gasteiger partial charge in [0.15, 0.2) is 0 Å². The molecule has 0 aromatic rings. The molecule has 0 saturated heterocycles. The van der Waals surface area contributed by atoms with E-state index < -0.39 is 5.97 Å². The number of carboxylic acids is 1. The first-order valence-corrected chi connectivity index (χ1v) is 10.1. The topological polar surface area (TPSA) is 65.0 Å². The van der Waals surface area contributed by atoms with Crippen LogP contribution in [-0.4, -0.2) is 50.7 Å². The van der Waals surface area contributed by atoms with E-state index in [4.69, 9.17) is 19.3 Å². The van der Waals surface area contributed by atoms with Crippen molar-refractivity contribution in [3.05, 3.63) is 12.2 Å². The van der Waals surface area contributed by atoms with E-state index in [1.165, 1.54) is 25.7 Å². The summed E-state index contributed by atoms with van der Waals surface area (Å²) < 4.78 is 16.9. The zero-order chi connectivity index (χ0) is 19.6. The molecular formula is C21H40O5. The van der Waals surface area contributed by atoms with Gasteiger partial charge in [-0.15, -0.1) is 0 Å². The first kappa shape index (κ1) is 25.1. The van der Waals surface area contributed by atoms with Gasteiger partial charge < -0.3 is 19.3 Å². The Morgan fingerprint density at radius 3 is 2.27 bits per heavy atom. The molecule has 0 aromatic heterocycles. The van der Waals surface area contributed by atoms with Crippen molar-refractivity contribution in [1.29, 1.82) is 0 Å². The lowest BCUT2D eigenvalue weighted by molar-refractivity contribution is -0.137. The lowest BCUT2D eigenvalue weighted by atomic mass is 10.0. The molecular weight excluding hydrogens is 332 g/mol. The van der Waals surface area contributed by atoms with Gasteiger partial charge in [-0.3, -0.25) is 4.79 Å². The Labute approximate surface area is 160 Å². The number of aliphatic carboxylic acids is 1. The number of unbranched alkanes of at least 4 members (excludes halogenated alkanes) is 6. The van der Waals surface area contributed by atoms with Crippen LogP contribution in [0, 0.1) is 0 Å². The maximum Gasteiger partial charge on any atom is 0.303 e. The number of hydrogen-bond acceptors (Lipinski definition) is 4. The third-order valence-electron chi connectivity index (χ3n) is 4.74. The van der Waals surface area contributed by atoms with E-state index >= 15 is 0 Å². The first-order chi connectivity index (χ1) is 12.6. The van der Waals surface area contributed by atoms with Crippen LogP contribution in [-0.2, 0) is 19.0 Å². The van der Waals surface area contributed by atoms with Crippen molar-refractivity contribution in [2.75, 3.05) is 21.3 Å². The van der Waals surface area contributed by atoms with Gasteiger partial charge in [0.1, 0.15) is 6.10 Å². The average molecular weight is 373 g/mol. The van der Waals surface area contributed by atoms with Gasteiger partial charge in [-0.25, -0.2) is 0 Å². The second-order valence-electron chi connectivity index (χ2n) is 6.84. The van der Waals surface area contributed by atoms with Gasteiger partial charge in [-0.05, 0) is 25.7 Å². The normalized spacial score (nSPS) is 15.2. The van der Waals surface area contributed by atoms with Crippen LogP contribution in [0.25, 0.3) is 0 Å². The molecule has 0 bridgehead atoms. The van der Waals surface area contributed by atoms with Gasteiger partial charge in [-0.2, -0.15) is 0 Å². The summed E-state index contributed by atoms with van der Waals surface area (Å²) in [4.78, 5) is 10.5. The molecule has 1 N–H and O–H groups in total. The van der Waals surface area contributed by atoms with Crippen molar-refractivity contribution in [3.8, 4) is 0 Å². The molecule has 0 spiro atoms. The van der Waals surface area contributed by atoms with Crippen molar-refractivity contribution in [1.82, 2.24) is 0 Å². The summed E-state index contributed by atoms with van der Waals surface area (Å²) in [6.45, 7) is 2.22. The molecule has 0 amide bonds. The second kappa shape index (κ2) is 17.5. The SMILES string of the molecule is CCCCCCC(CC(OC)C(C=CCCCCCC(=O)O)OC)OC. The highest BCUT2D eigenvalue weighted by molar-refractivity contribution is 5.66. The maximum absolute atomic E-state index is 10.5. The Kier molecular flexibility index (Phi) is 16.9. The third kappa shape index (κ3) is 13.3. The van der Waals surface area contributed by atoms with Crippen LogP contribution in [0.5, 0.6) is 0 Å². The summed E-state index contributed by atoms with van der Waals surface area (Å²) in [5.41, 5.74) is 0. The molecule has 0 heterocycles. The molecule has 0 aliphatic rings. The van der Waals surface area contributed by atoms with Crippen LogP contribution in [0.3, 0.4) is 0 Å². The lowest BCUT2D eigenvalue weighted by Crippen LogP contribution is -2.32.